The highest BCUT2D eigenvalue weighted by Gasteiger charge is 2.25. The minimum absolute atomic E-state index is 0.0556. The zero-order chi connectivity index (χ0) is 13.1. The molecule has 0 aliphatic heterocycles. The van der Waals surface area contributed by atoms with Gasteiger partial charge in [0.15, 0.2) is 0 Å². The normalized spacial score (nSPS) is 27.4. The molecule has 0 aromatic heterocycles. The second-order valence-electron chi connectivity index (χ2n) is 6.11. The van der Waals surface area contributed by atoms with Crippen LogP contribution in [0.1, 0.15) is 55.7 Å². The van der Waals surface area contributed by atoms with Crippen LogP contribution < -0.4 is 5.73 Å². The van der Waals surface area contributed by atoms with E-state index in [2.05, 4.69) is 24.3 Å². The van der Waals surface area contributed by atoms with Gasteiger partial charge < -0.3 is 10.5 Å². The third kappa shape index (κ3) is 3.01. The van der Waals surface area contributed by atoms with Crippen LogP contribution in [0, 0.1) is 5.92 Å². The van der Waals surface area contributed by atoms with Crippen LogP contribution in [0.15, 0.2) is 24.3 Å². The summed E-state index contributed by atoms with van der Waals surface area (Å²) in [4.78, 5) is 0. The quantitative estimate of drug-likeness (QED) is 0.839. The van der Waals surface area contributed by atoms with E-state index in [1.165, 1.54) is 43.2 Å². The highest BCUT2D eigenvalue weighted by atomic mass is 16.5. The molecule has 1 saturated carbocycles. The first-order valence-corrected chi connectivity index (χ1v) is 7.79. The maximum atomic E-state index is 6.43. The van der Waals surface area contributed by atoms with Gasteiger partial charge in [0.05, 0.1) is 12.1 Å². The molecule has 2 aliphatic rings. The largest absolute Gasteiger partial charge is 0.376 e. The van der Waals surface area contributed by atoms with Crippen molar-refractivity contribution in [2.24, 2.45) is 11.7 Å². The predicted octanol–water partition coefficient (Wildman–Crippen LogP) is 3.60. The zero-order valence-corrected chi connectivity index (χ0v) is 11.7. The molecular formula is C17H25NO. The second-order valence-corrected chi connectivity index (χ2v) is 6.11. The third-order valence-corrected chi connectivity index (χ3v) is 4.83. The Morgan fingerprint density at radius 3 is 2.74 bits per heavy atom. The summed E-state index contributed by atoms with van der Waals surface area (Å²) >= 11 is 0. The van der Waals surface area contributed by atoms with Crippen molar-refractivity contribution in [2.45, 2.75) is 57.1 Å². The van der Waals surface area contributed by atoms with E-state index in [9.17, 15) is 0 Å². The van der Waals surface area contributed by atoms with Gasteiger partial charge in [0, 0.05) is 6.61 Å². The standard InChI is InChI=1S/C17H25NO/c18-17-15-9-2-1-7-14(15)8-4-10-16(17)19-12-11-13-5-3-6-13/h1-2,7,9,13,16-17H,3-6,8,10-12,18H2. The maximum Gasteiger partial charge on any atom is 0.0767 e. The Morgan fingerprint density at radius 2 is 1.95 bits per heavy atom. The summed E-state index contributed by atoms with van der Waals surface area (Å²) in [6, 6.07) is 8.65. The van der Waals surface area contributed by atoms with Gasteiger partial charge in [-0.25, -0.2) is 0 Å². The number of benzene rings is 1. The lowest BCUT2D eigenvalue weighted by Gasteiger charge is -2.28. The SMILES string of the molecule is NC1c2ccccc2CCCC1OCCC1CCC1. The van der Waals surface area contributed by atoms with E-state index in [0.29, 0.717) is 0 Å². The lowest BCUT2D eigenvalue weighted by atomic mass is 9.83. The summed E-state index contributed by atoms with van der Waals surface area (Å²) in [5.74, 6) is 0.925. The molecule has 1 aromatic carbocycles. The van der Waals surface area contributed by atoms with Crippen molar-refractivity contribution in [3.05, 3.63) is 35.4 Å². The van der Waals surface area contributed by atoms with Crippen LogP contribution in [-0.4, -0.2) is 12.7 Å². The van der Waals surface area contributed by atoms with Gasteiger partial charge in [0.1, 0.15) is 0 Å². The molecule has 0 bridgehead atoms. The van der Waals surface area contributed by atoms with Crippen LogP contribution in [0.25, 0.3) is 0 Å². The van der Waals surface area contributed by atoms with E-state index in [-0.39, 0.29) is 12.1 Å². The molecule has 0 heterocycles. The van der Waals surface area contributed by atoms with Gasteiger partial charge >= 0.3 is 0 Å². The summed E-state index contributed by atoms with van der Waals surface area (Å²) in [6.45, 7) is 0.894. The van der Waals surface area contributed by atoms with Crippen molar-refractivity contribution in [1.82, 2.24) is 0 Å². The molecule has 0 saturated heterocycles. The van der Waals surface area contributed by atoms with E-state index in [4.69, 9.17) is 10.5 Å². The predicted molar refractivity (Wildman–Crippen MR) is 78.0 cm³/mol. The molecule has 2 N–H and O–H groups in total. The Bertz CT molecular complexity index is 413. The summed E-state index contributed by atoms with van der Waals surface area (Å²) in [5.41, 5.74) is 9.15. The molecule has 19 heavy (non-hydrogen) atoms. The number of rotatable bonds is 4. The number of fused-ring (bicyclic) bond motifs is 1. The van der Waals surface area contributed by atoms with Gasteiger partial charge in [0.25, 0.3) is 0 Å². The Balaban J connectivity index is 1.59. The van der Waals surface area contributed by atoms with Gasteiger partial charge in [-0.3, -0.25) is 0 Å². The van der Waals surface area contributed by atoms with Crippen LogP contribution in [0.3, 0.4) is 0 Å². The number of aryl methyl sites for hydroxylation is 1. The molecule has 0 amide bonds. The minimum atomic E-state index is 0.0556. The summed E-state index contributed by atoms with van der Waals surface area (Å²) < 4.78 is 6.11. The van der Waals surface area contributed by atoms with Crippen molar-refractivity contribution < 1.29 is 4.74 Å². The highest BCUT2D eigenvalue weighted by molar-refractivity contribution is 5.31. The first kappa shape index (κ1) is 13.1. The average molecular weight is 259 g/mol. The summed E-state index contributed by atoms with van der Waals surface area (Å²) in [7, 11) is 0. The second kappa shape index (κ2) is 6.06. The third-order valence-electron chi connectivity index (χ3n) is 4.83. The van der Waals surface area contributed by atoms with E-state index < -0.39 is 0 Å². The summed E-state index contributed by atoms with van der Waals surface area (Å²) in [6.07, 6.45) is 9.10. The monoisotopic (exact) mass is 259 g/mol. The Hall–Kier alpha value is -0.860. The molecule has 1 fully saturated rings. The first-order chi connectivity index (χ1) is 9.34. The molecule has 104 valence electrons. The summed E-state index contributed by atoms with van der Waals surface area (Å²) in [5, 5.41) is 0. The molecule has 2 nitrogen and oxygen atoms in total. The van der Waals surface area contributed by atoms with E-state index >= 15 is 0 Å². The van der Waals surface area contributed by atoms with Crippen LogP contribution in [0.5, 0.6) is 0 Å². The average Bonchev–Trinajstić information content (AvgIpc) is 2.53. The molecule has 2 atom stereocenters. The molecule has 1 aromatic rings. The van der Waals surface area contributed by atoms with Crippen molar-refractivity contribution in [3.63, 3.8) is 0 Å². The van der Waals surface area contributed by atoms with Crippen molar-refractivity contribution >= 4 is 0 Å². The topological polar surface area (TPSA) is 35.2 Å². The van der Waals surface area contributed by atoms with Gasteiger partial charge in [-0.1, -0.05) is 43.5 Å². The molecule has 0 spiro atoms. The van der Waals surface area contributed by atoms with Crippen molar-refractivity contribution in [2.75, 3.05) is 6.61 Å². The Labute approximate surface area is 116 Å². The van der Waals surface area contributed by atoms with Crippen molar-refractivity contribution in [1.29, 1.82) is 0 Å². The smallest absolute Gasteiger partial charge is 0.0767 e. The number of hydrogen-bond acceptors (Lipinski definition) is 2. The van der Waals surface area contributed by atoms with E-state index in [1.807, 2.05) is 0 Å². The highest BCUT2D eigenvalue weighted by Crippen LogP contribution is 2.31. The van der Waals surface area contributed by atoms with Crippen LogP contribution in [0.2, 0.25) is 0 Å². The fourth-order valence-electron chi connectivity index (χ4n) is 3.32. The van der Waals surface area contributed by atoms with E-state index in [1.54, 1.807) is 0 Å². The molecule has 0 radical (unpaired) electrons. The lowest BCUT2D eigenvalue weighted by molar-refractivity contribution is 0.0175. The molecule has 2 heteroatoms. The zero-order valence-electron chi connectivity index (χ0n) is 11.7. The fraction of sp³-hybridized carbons (Fsp3) is 0.647. The van der Waals surface area contributed by atoms with Gasteiger partial charge in [-0.2, -0.15) is 0 Å². The van der Waals surface area contributed by atoms with Crippen LogP contribution in [-0.2, 0) is 11.2 Å². The molecule has 3 rings (SSSR count). The fourth-order valence-corrected chi connectivity index (χ4v) is 3.32. The number of hydrogen-bond donors (Lipinski definition) is 1. The molecule has 2 unspecified atom stereocenters. The molecule has 2 aliphatic carbocycles. The maximum absolute atomic E-state index is 6.43. The van der Waals surface area contributed by atoms with Crippen molar-refractivity contribution in [3.8, 4) is 0 Å². The van der Waals surface area contributed by atoms with Gasteiger partial charge in [0.2, 0.25) is 0 Å². The van der Waals surface area contributed by atoms with Gasteiger partial charge in [-0.15, -0.1) is 0 Å². The number of ether oxygens (including phenoxy) is 1. The lowest BCUT2D eigenvalue weighted by Crippen LogP contribution is -2.29. The Morgan fingerprint density at radius 1 is 1.11 bits per heavy atom. The van der Waals surface area contributed by atoms with Gasteiger partial charge in [-0.05, 0) is 42.7 Å². The van der Waals surface area contributed by atoms with E-state index in [0.717, 1.165) is 25.4 Å². The molecular weight excluding hydrogens is 234 g/mol. The minimum Gasteiger partial charge on any atom is -0.376 e. The first-order valence-electron chi connectivity index (χ1n) is 7.79. The van der Waals surface area contributed by atoms with Crippen LogP contribution >= 0.6 is 0 Å². The number of nitrogens with two attached hydrogens (primary N) is 1. The van der Waals surface area contributed by atoms with Crippen LogP contribution in [0.4, 0.5) is 0 Å². The Kier molecular flexibility index (Phi) is 4.19.